The van der Waals surface area contributed by atoms with Gasteiger partial charge in [0.15, 0.2) is 0 Å². The first kappa shape index (κ1) is 31.7. The van der Waals surface area contributed by atoms with Crippen LogP contribution in [0.25, 0.3) is 10.9 Å². The molecule has 0 unspecified atom stereocenters. The predicted octanol–water partition coefficient (Wildman–Crippen LogP) is 3.02. The van der Waals surface area contributed by atoms with Crippen molar-refractivity contribution >= 4 is 38.6 Å². The van der Waals surface area contributed by atoms with E-state index in [1.165, 1.54) is 0 Å². The molecule has 5 aliphatic rings. The number of carbonyl (C=O) groups is 3. The first-order chi connectivity index (χ1) is 22.6. The summed E-state index contributed by atoms with van der Waals surface area (Å²) >= 11 is 0. The quantitative estimate of drug-likeness (QED) is 0.425. The molecule has 0 bridgehead atoms. The Kier molecular flexibility index (Phi) is 8.30. The summed E-state index contributed by atoms with van der Waals surface area (Å²) < 4.78 is 45.8. The van der Waals surface area contributed by atoms with Crippen molar-refractivity contribution in [1.29, 1.82) is 0 Å². The van der Waals surface area contributed by atoms with E-state index in [9.17, 15) is 22.8 Å². The third-order valence-electron chi connectivity index (χ3n) is 10.2. The number of ether oxygens (including phenoxy) is 3. The molecule has 0 radical (unpaired) electrons. The Morgan fingerprint density at radius 3 is 2.79 bits per heavy atom. The molecule has 3 heterocycles. The van der Waals surface area contributed by atoms with Gasteiger partial charge in [-0.25, -0.2) is 13.4 Å². The van der Waals surface area contributed by atoms with Crippen LogP contribution in [-0.4, -0.2) is 79.7 Å². The molecular formula is C34H42N4O8S. The molecule has 2 aliphatic heterocycles. The second kappa shape index (κ2) is 12.3. The molecule has 3 aliphatic carbocycles. The van der Waals surface area contributed by atoms with Gasteiger partial charge in [0.1, 0.15) is 23.1 Å². The molecule has 7 rings (SSSR count). The largest absolute Gasteiger partial charge is 0.493 e. The van der Waals surface area contributed by atoms with Gasteiger partial charge < -0.3 is 24.4 Å². The van der Waals surface area contributed by atoms with E-state index in [2.05, 4.69) is 10.0 Å². The zero-order valence-corrected chi connectivity index (χ0v) is 27.6. The van der Waals surface area contributed by atoms with E-state index in [1.807, 2.05) is 31.2 Å². The topological polar surface area (TPSA) is 153 Å². The number of fused-ring (bicyclic) bond motifs is 5. The van der Waals surface area contributed by atoms with E-state index < -0.39 is 50.6 Å². The van der Waals surface area contributed by atoms with Crippen LogP contribution in [0.1, 0.15) is 63.9 Å². The van der Waals surface area contributed by atoms with Crippen molar-refractivity contribution in [2.45, 2.75) is 81.6 Å². The Balaban J connectivity index is 1.18. The minimum absolute atomic E-state index is 0.143. The Hall–Kier alpha value is -3.87. The number of carbonyl (C=O) groups excluding carboxylic acids is 3. The van der Waals surface area contributed by atoms with Gasteiger partial charge in [0.2, 0.25) is 27.7 Å². The zero-order chi connectivity index (χ0) is 32.9. The van der Waals surface area contributed by atoms with Crippen LogP contribution < -0.4 is 24.2 Å². The maximum Gasteiger partial charge on any atom is 0.259 e. The van der Waals surface area contributed by atoms with Crippen LogP contribution in [0.5, 0.6) is 17.4 Å². The van der Waals surface area contributed by atoms with Crippen molar-refractivity contribution in [2.75, 3.05) is 26.8 Å². The summed E-state index contributed by atoms with van der Waals surface area (Å²) in [6, 6.07) is 5.57. The smallest absolute Gasteiger partial charge is 0.259 e. The van der Waals surface area contributed by atoms with E-state index >= 15 is 0 Å². The normalized spacial score (nSPS) is 29.9. The van der Waals surface area contributed by atoms with Gasteiger partial charge in [0.05, 0.1) is 35.8 Å². The average Bonchev–Trinajstić information content (AvgIpc) is 3.91. The molecule has 0 saturated heterocycles. The fourth-order valence-corrected chi connectivity index (χ4v) is 8.67. The molecule has 47 heavy (non-hydrogen) atoms. The third kappa shape index (κ3) is 6.14. The van der Waals surface area contributed by atoms with Crippen LogP contribution in [0.4, 0.5) is 0 Å². The number of hydrogen-bond donors (Lipinski definition) is 2. The maximum atomic E-state index is 14.1. The lowest BCUT2D eigenvalue weighted by Gasteiger charge is -2.26. The lowest BCUT2D eigenvalue weighted by atomic mass is 9.93. The van der Waals surface area contributed by atoms with E-state index in [4.69, 9.17) is 19.2 Å². The number of nitrogens with zero attached hydrogens (tertiary/aromatic N) is 2. The summed E-state index contributed by atoms with van der Waals surface area (Å²) in [5.74, 6) is -1.32. The molecular weight excluding hydrogens is 624 g/mol. The van der Waals surface area contributed by atoms with Gasteiger partial charge in [-0.3, -0.25) is 19.1 Å². The number of sulfonamides is 1. The number of pyridine rings is 1. The van der Waals surface area contributed by atoms with Gasteiger partial charge in [0, 0.05) is 42.9 Å². The fourth-order valence-electron chi connectivity index (χ4n) is 7.31. The lowest BCUT2D eigenvalue weighted by Crippen LogP contribution is -2.54. The van der Waals surface area contributed by atoms with Crippen LogP contribution >= 0.6 is 0 Å². The Labute approximate surface area is 274 Å². The van der Waals surface area contributed by atoms with Crippen LogP contribution in [0.2, 0.25) is 0 Å². The highest BCUT2D eigenvalue weighted by Gasteiger charge is 2.62. The average molecular weight is 667 g/mol. The van der Waals surface area contributed by atoms with Gasteiger partial charge in [-0.05, 0) is 70.4 Å². The summed E-state index contributed by atoms with van der Waals surface area (Å²) in [7, 11) is -2.05. The van der Waals surface area contributed by atoms with E-state index in [1.54, 1.807) is 18.0 Å². The number of nitrogens with one attached hydrogen (secondary N) is 2. The number of hydrogen-bond acceptors (Lipinski definition) is 9. The minimum Gasteiger partial charge on any atom is -0.493 e. The van der Waals surface area contributed by atoms with E-state index in [-0.39, 0.29) is 18.2 Å². The van der Waals surface area contributed by atoms with Crippen molar-refractivity contribution in [3.8, 4) is 17.4 Å². The van der Waals surface area contributed by atoms with Crippen molar-refractivity contribution in [3.63, 3.8) is 0 Å². The fraction of sp³-hybridized carbons (Fsp3) is 0.588. The van der Waals surface area contributed by atoms with Gasteiger partial charge in [-0.2, -0.15) is 0 Å². The Morgan fingerprint density at radius 2 is 2.00 bits per heavy atom. The molecule has 12 nitrogen and oxygen atoms in total. The van der Waals surface area contributed by atoms with Crippen LogP contribution in [0.3, 0.4) is 0 Å². The number of aromatic nitrogens is 1. The molecule has 252 valence electrons. The van der Waals surface area contributed by atoms with Crippen LogP contribution in [-0.2, 0) is 30.8 Å². The zero-order valence-electron chi connectivity index (χ0n) is 26.8. The van der Waals surface area contributed by atoms with Gasteiger partial charge in [0.25, 0.3) is 5.91 Å². The molecule has 5 atom stereocenters. The lowest BCUT2D eigenvalue weighted by molar-refractivity contribution is -0.140. The molecule has 2 aromatic rings. The van der Waals surface area contributed by atoms with Gasteiger partial charge in [-0.1, -0.05) is 12.2 Å². The summed E-state index contributed by atoms with van der Waals surface area (Å²) in [6.07, 6.45) is 8.41. The maximum absolute atomic E-state index is 14.1. The monoisotopic (exact) mass is 666 g/mol. The summed E-state index contributed by atoms with van der Waals surface area (Å²) in [4.78, 5) is 47.9. The minimum atomic E-state index is -3.81. The Bertz CT molecular complexity index is 1740. The highest BCUT2D eigenvalue weighted by Crippen LogP contribution is 2.47. The SMILES string of the molecule is CCOc1cc(O[C@@H]2C[C@H]3C(=O)N[C@]4(C(=O)NS(=O)(=O)C5CC5)C[C@H]4/C=C\CCCCN(C)C(=O)[C@@H]3C2)c2ccc3c(c2n1)CCO3. The van der Waals surface area contributed by atoms with Crippen molar-refractivity contribution in [3.05, 3.63) is 35.9 Å². The van der Waals surface area contributed by atoms with Crippen molar-refractivity contribution in [1.82, 2.24) is 19.9 Å². The molecule has 1 aromatic carbocycles. The molecule has 2 N–H and O–H groups in total. The molecule has 0 spiro atoms. The predicted molar refractivity (Wildman–Crippen MR) is 172 cm³/mol. The van der Waals surface area contributed by atoms with Crippen molar-refractivity contribution in [2.24, 2.45) is 17.8 Å². The first-order valence-corrected chi connectivity index (χ1v) is 18.3. The van der Waals surface area contributed by atoms with E-state index in [0.717, 1.165) is 47.9 Å². The number of allylic oxidation sites excluding steroid dienone is 1. The van der Waals surface area contributed by atoms with E-state index in [0.29, 0.717) is 57.1 Å². The Morgan fingerprint density at radius 1 is 1.19 bits per heavy atom. The molecule has 3 fully saturated rings. The van der Waals surface area contributed by atoms with Gasteiger partial charge in [-0.15, -0.1) is 0 Å². The summed E-state index contributed by atoms with van der Waals surface area (Å²) in [6.45, 7) is 3.45. The first-order valence-electron chi connectivity index (χ1n) is 16.8. The van der Waals surface area contributed by atoms with Crippen molar-refractivity contribution < 1.29 is 37.0 Å². The molecule has 1 aromatic heterocycles. The van der Waals surface area contributed by atoms with Crippen LogP contribution in [0.15, 0.2) is 30.4 Å². The second-order valence-electron chi connectivity index (χ2n) is 13.5. The highest BCUT2D eigenvalue weighted by atomic mass is 32.2. The number of amides is 3. The number of benzene rings is 1. The second-order valence-corrected chi connectivity index (χ2v) is 15.4. The molecule has 3 amide bonds. The van der Waals surface area contributed by atoms with Gasteiger partial charge >= 0.3 is 0 Å². The van der Waals surface area contributed by atoms with Crippen LogP contribution in [0, 0.1) is 17.8 Å². The number of rotatable bonds is 7. The molecule has 3 saturated carbocycles. The standard InChI is InChI=1S/C34H42N4O8S/c1-3-44-29-18-28(23-11-12-27-24(13-15-45-27)30(23)35-29)46-21-16-25-26(17-21)32(40)38(2)14-7-5-4-6-8-20-19-34(20,36-31(25)39)33(41)37-47(42,43)22-9-10-22/h6,8,11-12,18,20-22,25-26H,3-5,7,9-10,13-17,19H2,1-2H3,(H,36,39)(H,37,41)/b8-6-/t20-,21-,25-,26-,34-/m1/s1. The summed E-state index contributed by atoms with van der Waals surface area (Å²) in [5.41, 5.74) is 0.354. The molecule has 13 heteroatoms. The summed E-state index contributed by atoms with van der Waals surface area (Å²) in [5, 5.41) is 3.16. The highest BCUT2D eigenvalue weighted by molar-refractivity contribution is 7.91. The third-order valence-corrected chi connectivity index (χ3v) is 12.0.